The third-order valence-electron chi connectivity index (χ3n) is 5.19. The Balaban J connectivity index is 1.84. The third kappa shape index (κ3) is 2.89. The van der Waals surface area contributed by atoms with Crippen LogP contribution in [0.3, 0.4) is 0 Å². The van der Waals surface area contributed by atoms with Gasteiger partial charge in [-0.15, -0.1) is 0 Å². The van der Waals surface area contributed by atoms with Crippen LogP contribution in [0.15, 0.2) is 47.6 Å². The number of nitrogens with zero attached hydrogens (tertiary/aromatic N) is 3. The number of amides is 2. The Kier molecular flexibility index (Phi) is 4.62. The molecule has 0 aliphatic carbocycles. The van der Waals surface area contributed by atoms with Crippen molar-refractivity contribution in [3.05, 3.63) is 58.6 Å². The monoisotopic (exact) mass is 411 g/mol. The van der Waals surface area contributed by atoms with Crippen molar-refractivity contribution in [2.24, 2.45) is 11.0 Å². The van der Waals surface area contributed by atoms with Crippen LogP contribution in [-0.4, -0.2) is 36.6 Å². The summed E-state index contributed by atoms with van der Waals surface area (Å²) >= 11 is 6.19. The molecule has 2 amide bonds. The molecule has 2 unspecified atom stereocenters. The van der Waals surface area contributed by atoms with Gasteiger partial charge in [-0.3, -0.25) is 14.6 Å². The van der Waals surface area contributed by atoms with E-state index >= 15 is 0 Å². The number of ether oxygens (including phenoxy) is 1. The molecule has 29 heavy (non-hydrogen) atoms. The predicted octanol–water partition coefficient (Wildman–Crippen LogP) is 2.86. The van der Waals surface area contributed by atoms with E-state index in [-0.39, 0.29) is 5.71 Å². The molecular weight excluding hydrogens is 394 g/mol. The smallest absolute Gasteiger partial charge is 0.355 e. The minimum atomic E-state index is -1.05. The van der Waals surface area contributed by atoms with Crippen LogP contribution in [0, 0.1) is 19.8 Å². The zero-order chi connectivity index (χ0) is 20.9. The summed E-state index contributed by atoms with van der Waals surface area (Å²) in [5.41, 5.74) is 2.49. The number of anilines is 2. The highest BCUT2D eigenvalue weighted by atomic mass is 35.5. The summed E-state index contributed by atoms with van der Waals surface area (Å²) in [5.74, 6) is -2.77. The van der Waals surface area contributed by atoms with Crippen LogP contribution in [0.5, 0.6) is 0 Å². The second-order valence-electron chi connectivity index (χ2n) is 6.98. The quantitative estimate of drug-likeness (QED) is 0.573. The molecule has 4 rings (SSSR count). The largest absolute Gasteiger partial charge is 0.464 e. The number of rotatable bonds is 3. The molecule has 7 nitrogen and oxygen atoms in total. The number of carbonyl (C=O) groups excluding carboxylic acids is 3. The molecular formula is C21H18ClN3O4. The van der Waals surface area contributed by atoms with Crippen molar-refractivity contribution in [1.29, 1.82) is 0 Å². The lowest BCUT2D eigenvalue weighted by Gasteiger charge is -2.23. The van der Waals surface area contributed by atoms with Crippen LogP contribution in [0.4, 0.5) is 11.4 Å². The van der Waals surface area contributed by atoms with Gasteiger partial charge in [0, 0.05) is 5.02 Å². The van der Waals surface area contributed by atoms with Crippen molar-refractivity contribution < 1.29 is 19.1 Å². The number of methoxy groups -OCH3 is 1. The lowest BCUT2D eigenvalue weighted by molar-refractivity contribution is -0.133. The Labute approximate surface area is 172 Å². The van der Waals surface area contributed by atoms with E-state index < -0.39 is 29.7 Å². The first-order valence-corrected chi connectivity index (χ1v) is 9.38. The van der Waals surface area contributed by atoms with Crippen LogP contribution in [0.2, 0.25) is 5.02 Å². The number of aryl methyl sites for hydroxylation is 1. The number of esters is 1. The minimum absolute atomic E-state index is 0.0838. The van der Waals surface area contributed by atoms with Crippen LogP contribution in [0.1, 0.15) is 11.1 Å². The molecule has 0 radical (unpaired) electrons. The zero-order valence-electron chi connectivity index (χ0n) is 16.0. The summed E-state index contributed by atoms with van der Waals surface area (Å²) in [6, 6.07) is 11.4. The molecule has 1 fully saturated rings. The van der Waals surface area contributed by atoms with Crippen LogP contribution < -0.4 is 9.91 Å². The van der Waals surface area contributed by atoms with E-state index in [1.165, 1.54) is 12.1 Å². The number of carbonyl (C=O) groups is 3. The Morgan fingerprint density at radius 2 is 1.83 bits per heavy atom. The highest BCUT2D eigenvalue weighted by molar-refractivity contribution is 6.47. The lowest BCUT2D eigenvalue weighted by Crippen LogP contribution is -2.39. The van der Waals surface area contributed by atoms with E-state index in [2.05, 4.69) is 5.10 Å². The molecule has 0 N–H and O–H groups in total. The molecule has 0 spiro atoms. The van der Waals surface area contributed by atoms with Gasteiger partial charge in [0.2, 0.25) is 5.91 Å². The van der Waals surface area contributed by atoms with Gasteiger partial charge in [-0.2, -0.15) is 5.10 Å². The SMILES string of the molecule is COC(=O)C1=NN(c2cccc(C)c2)C2C(=O)N(c3cccc(Cl)c3C)C(=O)C12. The van der Waals surface area contributed by atoms with Crippen molar-refractivity contribution in [2.45, 2.75) is 19.9 Å². The fourth-order valence-electron chi connectivity index (χ4n) is 3.75. The normalized spacial score (nSPS) is 20.8. The summed E-state index contributed by atoms with van der Waals surface area (Å²) in [6.45, 7) is 3.64. The third-order valence-corrected chi connectivity index (χ3v) is 5.60. The van der Waals surface area contributed by atoms with Gasteiger partial charge >= 0.3 is 5.97 Å². The maximum atomic E-state index is 13.4. The predicted molar refractivity (Wildman–Crippen MR) is 109 cm³/mol. The van der Waals surface area contributed by atoms with Gasteiger partial charge in [0.15, 0.2) is 5.71 Å². The van der Waals surface area contributed by atoms with Crippen LogP contribution in [-0.2, 0) is 19.1 Å². The number of fused-ring (bicyclic) bond motifs is 1. The number of benzene rings is 2. The number of hydrogen-bond acceptors (Lipinski definition) is 6. The molecule has 0 aromatic heterocycles. The van der Waals surface area contributed by atoms with Crippen LogP contribution >= 0.6 is 11.6 Å². The molecule has 8 heteroatoms. The molecule has 2 heterocycles. The Morgan fingerprint density at radius 1 is 1.10 bits per heavy atom. The first kappa shape index (κ1) is 19.1. The van der Waals surface area contributed by atoms with Gasteiger partial charge in [0.1, 0.15) is 12.0 Å². The fraction of sp³-hybridized carbons (Fsp3) is 0.238. The molecule has 2 atom stereocenters. The average Bonchev–Trinajstić information content (AvgIpc) is 3.21. The van der Waals surface area contributed by atoms with Gasteiger partial charge in [-0.25, -0.2) is 9.69 Å². The van der Waals surface area contributed by atoms with E-state index in [4.69, 9.17) is 16.3 Å². The molecule has 2 aromatic rings. The summed E-state index contributed by atoms with van der Waals surface area (Å²) < 4.78 is 4.82. The van der Waals surface area contributed by atoms with Crippen LogP contribution in [0.25, 0.3) is 0 Å². The van der Waals surface area contributed by atoms with Gasteiger partial charge in [0.25, 0.3) is 5.91 Å². The molecule has 1 saturated heterocycles. The molecule has 2 aromatic carbocycles. The lowest BCUT2D eigenvalue weighted by atomic mass is 9.97. The number of imide groups is 1. The van der Waals surface area contributed by atoms with E-state index in [0.717, 1.165) is 10.5 Å². The highest BCUT2D eigenvalue weighted by Crippen LogP contribution is 2.39. The number of halogens is 1. The molecule has 0 bridgehead atoms. The maximum Gasteiger partial charge on any atom is 0.355 e. The fourth-order valence-corrected chi connectivity index (χ4v) is 3.92. The van der Waals surface area contributed by atoms with Gasteiger partial charge in [0.05, 0.1) is 18.5 Å². The summed E-state index contributed by atoms with van der Waals surface area (Å²) in [4.78, 5) is 40.1. The van der Waals surface area contributed by atoms with Crippen molar-refractivity contribution >= 4 is 46.5 Å². The van der Waals surface area contributed by atoms with E-state index in [1.807, 2.05) is 25.1 Å². The average molecular weight is 412 g/mol. The van der Waals surface area contributed by atoms with E-state index in [1.54, 1.807) is 31.2 Å². The Bertz CT molecular complexity index is 1080. The summed E-state index contributed by atoms with van der Waals surface area (Å²) in [5, 5.41) is 6.18. The van der Waals surface area contributed by atoms with Gasteiger partial charge in [-0.1, -0.05) is 29.8 Å². The topological polar surface area (TPSA) is 79.3 Å². The molecule has 2 aliphatic rings. The second kappa shape index (κ2) is 7.00. The Hall–Kier alpha value is -3.19. The molecule has 0 saturated carbocycles. The van der Waals surface area contributed by atoms with Crippen molar-refractivity contribution in [3.63, 3.8) is 0 Å². The van der Waals surface area contributed by atoms with Crippen molar-refractivity contribution in [3.8, 4) is 0 Å². The summed E-state index contributed by atoms with van der Waals surface area (Å²) in [7, 11) is 1.22. The van der Waals surface area contributed by atoms with Gasteiger partial charge < -0.3 is 4.74 Å². The first-order valence-electron chi connectivity index (χ1n) is 9.00. The Morgan fingerprint density at radius 3 is 2.52 bits per heavy atom. The van der Waals surface area contributed by atoms with Crippen molar-refractivity contribution in [2.75, 3.05) is 17.0 Å². The molecule has 2 aliphatic heterocycles. The second-order valence-corrected chi connectivity index (χ2v) is 7.39. The van der Waals surface area contributed by atoms with E-state index in [0.29, 0.717) is 22.0 Å². The summed E-state index contributed by atoms with van der Waals surface area (Å²) in [6.07, 6.45) is 0. The van der Waals surface area contributed by atoms with E-state index in [9.17, 15) is 14.4 Å². The standard InChI is InChI=1S/C21H18ClN3O4/c1-11-6-4-7-13(10-11)25-18-16(17(23-25)21(28)29-3)19(26)24(20(18)27)15-9-5-8-14(22)12(15)2/h4-10,16,18H,1-3H3. The van der Waals surface area contributed by atoms with Gasteiger partial charge in [-0.05, 0) is 49.2 Å². The highest BCUT2D eigenvalue weighted by Gasteiger charge is 2.59. The first-order chi connectivity index (χ1) is 13.8. The number of hydrogen-bond donors (Lipinski definition) is 0. The molecule has 148 valence electrons. The van der Waals surface area contributed by atoms with Crippen molar-refractivity contribution in [1.82, 2.24) is 0 Å². The zero-order valence-corrected chi connectivity index (χ0v) is 16.8. The minimum Gasteiger partial charge on any atom is -0.464 e. The maximum absolute atomic E-state index is 13.4. The number of hydrazone groups is 1.